The van der Waals surface area contributed by atoms with Crippen molar-refractivity contribution >= 4 is 27.3 Å². The first-order valence-electron chi connectivity index (χ1n) is 5.96. The smallest absolute Gasteiger partial charge is 0.242 e. The Balaban J connectivity index is 2.09. The second kappa shape index (κ2) is 6.16. The summed E-state index contributed by atoms with van der Waals surface area (Å²) in [6.07, 6.45) is 0.399. The molecule has 6 nitrogen and oxygen atoms in total. The normalized spacial score (nSPS) is 14.5. The molecule has 0 unspecified atom stereocenters. The fourth-order valence-electron chi connectivity index (χ4n) is 1.73. The Bertz CT molecular complexity index is 732. The summed E-state index contributed by atoms with van der Waals surface area (Å²) in [7, 11) is -3.77. The predicted octanol–water partition coefficient (Wildman–Crippen LogP) is 1.39. The highest BCUT2D eigenvalue weighted by molar-refractivity contribution is 7.92. The number of nitrogens with one attached hydrogen (secondary N) is 1. The van der Waals surface area contributed by atoms with Crippen molar-refractivity contribution in [3.05, 3.63) is 40.7 Å². The Morgan fingerprint density at radius 3 is 2.67 bits per heavy atom. The third-order valence-electron chi connectivity index (χ3n) is 2.75. The van der Waals surface area contributed by atoms with Crippen LogP contribution in [0.3, 0.4) is 0 Å². The fourth-order valence-corrected chi connectivity index (χ4v) is 3.00. The molecule has 1 heterocycles. The van der Waals surface area contributed by atoms with Crippen LogP contribution in [0.4, 0.5) is 0 Å². The van der Waals surface area contributed by atoms with Crippen molar-refractivity contribution in [2.75, 3.05) is 12.4 Å². The van der Waals surface area contributed by atoms with Crippen LogP contribution in [-0.4, -0.2) is 26.7 Å². The van der Waals surface area contributed by atoms with Gasteiger partial charge in [0.05, 0.1) is 17.1 Å². The van der Waals surface area contributed by atoms with E-state index in [0.717, 1.165) is 0 Å². The molecular weight excluding hydrogens is 316 g/mol. The molecule has 0 radical (unpaired) electrons. The molecule has 2 rings (SSSR count). The van der Waals surface area contributed by atoms with Crippen molar-refractivity contribution in [2.24, 2.45) is 0 Å². The molecule has 1 aliphatic rings. The predicted molar refractivity (Wildman–Crippen MR) is 74.9 cm³/mol. The molecule has 0 saturated heterocycles. The van der Waals surface area contributed by atoms with Crippen LogP contribution in [0.2, 0.25) is 5.02 Å². The molecule has 0 fully saturated rings. The minimum absolute atomic E-state index is 0.00359. The lowest BCUT2D eigenvalue weighted by Gasteiger charge is -2.07. The van der Waals surface area contributed by atoms with Gasteiger partial charge in [-0.1, -0.05) is 11.6 Å². The fraction of sp³-hybridized carbons (Fsp3) is 0.231. The zero-order valence-electron chi connectivity index (χ0n) is 10.8. The number of carbonyl (C=O) groups excluding carboxylic acids is 1. The lowest BCUT2D eigenvalue weighted by Crippen LogP contribution is -2.30. The van der Waals surface area contributed by atoms with E-state index in [1.807, 2.05) is 6.07 Å². The first-order chi connectivity index (χ1) is 9.92. The van der Waals surface area contributed by atoms with Gasteiger partial charge in [-0.3, -0.25) is 10.1 Å². The molecule has 1 N–H and O–H groups in total. The maximum absolute atomic E-state index is 12.1. The van der Waals surface area contributed by atoms with Crippen LogP contribution in [0, 0.1) is 11.3 Å². The monoisotopic (exact) mass is 326 g/mol. The number of nitrogens with zero attached hydrogens (tertiary/aromatic N) is 1. The number of halogens is 1. The van der Waals surface area contributed by atoms with Crippen molar-refractivity contribution in [3.8, 4) is 6.07 Å². The molecule has 0 atom stereocenters. The van der Waals surface area contributed by atoms with Crippen LogP contribution in [-0.2, 0) is 19.4 Å². The molecule has 0 saturated carbocycles. The first kappa shape index (κ1) is 15.4. The maximum Gasteiger partial charge on any atom is 0.242 e. The van der Waals surface area contributed by atoms with Crippen molar-refractivity contribution in [1.29, 1.82) is 5.26 Å². The van der Waals surface area contributed by atoms with Crippen molar-refractivity contribution in [3.63, 3.8) is 0 Å². The summed E-state index contributed by atoms with van der Waals surface area (Å²) in [6, 6.07) is 7.42. The third kappa shape index (κ3) is 3.74. The molecule has 8 heteroatoms. The van der Waals surface area contributed by atoms with Crippen molar-refractivity contribution < 1.29 is 17.9 Å². The summed E-state index contributed by atoms with van der Waals surface area (Å²) in [5.74, 6) is -1.45. The molecular formula is C13H11ClN2O4S. The second-order valence-electron chi connectivity index (χ2n) is 4.28. The molecule has 110 valence electrons. The van der Waals surface area contributed by atoms with Gasteiger partial charge in [0.1, 0.15) is 11.8 Å². The number of carbonyl (C=O) groups is 1. The Morgan fingerprint density at radius 1 is 1.38 bits per heavy atom. The number of nitriles is 1. The summed E-state index contributed by atoms with van der Waals surface area (Å²) in [5.41, 5.74) is 0.298. The number of benzene rings is 1. The topological polar surface area (TPSA) is 96.3 Å². The number of rotatable bonds is 4. The lowest BCUT2D eigenvalue weighted by molar-refractivity contribution is -0.118. The standard InChI is InChI=1S/C13H11ClN2O4S/c14-10-1-3-11(4-2-10)21(18,19)8-12(17)16-13-9(7-15)5-6-20-13/h1-4H,5-6,8H2,(H,16,17). The van der Waals surface area contributed by atoms with Gasteiger partial charge < -0.3 is 4.74 Å². The Labute approximate surface area is 126 Å². The number of hydrogen-bond donors (Lipinski definition) is 1. The van der Waals surface area contributed by atoms with E-state index < -0.39 is 21.5 Å². The molecule has 0 aromatic heterocycles. The molecule has 1 aromatic rings. The Kier molecular flexibility index (Phi) is 4.50. The van der Waals surface area contributed by atoms with Crippen molar-refractivity contribution in [2.45, 2.75) is 11.3 Å². The third-order valence-corrected chi connectivity index (χ3v) is 4.64. The highest BCUT2D eigenvalue weighted by atomic mass is 35.5. The van der Waals surface area contributed by atoms with Crippen LogP contribution in [0.5, 0.6) is 0 Å². The van der Waals surface area contributed by atoms with Gasteiger partial charge in [-0.05, 0) is 24.3 Å². The number of amides is 1. The minimum atomic E-state index is -3.77. The van der Waals surface area contributed by atoms with Crippen LogP contribution < -0.4 is 5.32 Å². The van der Waals surface area contributed by atoms with Gasteiger partial charge >= 0.3 is 0 Å². The number of sulfone groups is 1. The van der Waals surface area contributed by atoms with E-state index in [-0.39, 0.29) is 10.8 Å². The largest absolute Gasteiger partial charge is 0.478 e. The summed E-state index contributed by atoms with van der Waals surface area (Å²) in [5, 5.41) is 11.5. The maximum atomic E-state index is 12.1. The minimum Gasteiger partial charge on any atom is -0.478 e. The highest BCUT2D eigenvalue weighted by Gasteiger charge is 2.23. The quantitative estimate of drug-likeness (QED) is 0.901. The van der Waals surface area contributed by atoms with Gasteiger partial charge in [0, 0.05) is 11.4 Å². The molecule has 0 aliphatic carbocycles. The van der Waals surface area contributed by atoms with E-state index in [0.29, 0.717) is 23.6 Å². The second-order valence-corrected chi connectivity index (χ2v) is 6.71. The summed E-state index contributed by atoms with van der Waals surface area (Å²) < 4.78 is 29.2. The van der Waals surface area contributed by atoms with Crippen molar-refractivity contribution in [1.82, 2.24) is 5.32 Å². The first-order valence-corrected chi connectivity index (χ1v) is 7.99. The van der Waals surface area contributed by atoms with E-state index in [1.54, 1.807) is 0 Å². The van der Waals surface area contributed by atoms with Gasteiger partial charge in [-0.15, -0.1) is 0 Å². The molecule has 0 bridgehead atoms. The van der Waals surface area contributed by atoms with Gasteiger partial charge in [-0.25, -0.2) is 8.42 Å². The van der Waals surface area contributed by atoms with Crippen LogP contribution in [0.25, 0.3) is 0 Å². The van der Waals surface area contributed by atoms with E-state index in [4.69, 9.17) is 21.6 Å². The molecule has 21 heavy (non-hydrogen) atoms. The zero-order chi connectivity index (χ0) is 15.5. The molecule has 1 aliphatic heterocycles. The number of ether oxygens (including phenoxy) is 1. The summed E-state index contributed by atoms with van der Waals surface area (Å²) >= 11 is 5.69. The number of hydrogen-bond acceptors (Lipinski definition) is 5. The summed E-state index contributed by atoms with van der Waals surface area (Å²) in [6.45, 7) is 0.294. The van der Waals surface area contributed by atoms with E-state index >= 15 is 0 Å². The molecule has 1 aromatic carbocycles. The average Bonchev–Trinajstić information content (AvgIpc) is 2.85. The lowest BCUT2D eigenvalue weighted by atomic mass is 10.2. The zero-order valence-corrected chi connectivity index (χ0v) is 12.4. The molecule has 1 amide bonds. The Hall–Kier alpha value is -2.04. The molecule has 0 spiro atoms. The van der Waals surface area contributed by atoms with Crippen LogP contribution in [0.15, 0.2) is 40.6 Å². The van der Waals surface area contributed by atoms with Gasteiger partial charge in [-0.2, -0.15) is 5.26 Å². The van der Waals surface area contributed by atoms with Crippen LogP contribution >= 0.6 is 11.6 Å². The SMILES string of the molecule is N#CC1=C(NC(=O)CS(=O)(=O)c2ccc(Cl)cc2)OCC1. The van der Waals surface area contributed by atoms with Crippen LogP contribution in [0.1, 0.15) is 6.42 Å². The summed E-state index contributed by atoms with van der Waals surface area (Å²) in [4.78, 5) is 11.8. The van der Waals surface area contributed by atoms with Gasteiger partial charge in [0.25, 0.3) is 0 Å². The average molecular weight is 327 g/mol. The van der Waals surface area contributed by atoms with Gasteiger partial charge in [0.15, 0.2) is 9.84 Å². The Morgan fingerprint density at radius 2 is 2.05 bits per heavy atom. The van der Waals surface area contributed by atoms with E-state index in [1.165, 1.54) is 24.3 Å². The van der Waals surface area contributed by atoms with E-state index in [2.05, 4.69) is 5.32 Å². The van der Waals surface area contributed by atoms with E-state index in [9.17, 15) is 13.2 Å². The highest BCUT2D eigenvalue weighted by Crippen LogP contribution is 2.17. The van der Waals surface area contributed by atoms with Gasteiger partial charge in [0.2, 0.25) is 11.8 Å².